The van der Waals surface area contributed by atoms with Gasteiger partial charge < -0.3 is 11.1 Å². The minimum absolute atomic E-state index is 0.208. The van der Waals surface area contributed by atoms with Gasteiger partial charge in [-0.1, -0.05) is 13.8 Å². The maximum absolute atomic E-state index is 12.3. The van der Waals surface area contributed by atoms with E-state index in [0.717, 1.165) is 38.1 Å². The Morgan fingerprint density at radius 1 is 1.29 bits per heavy atom. The summed E-state index contributed by atoms with van der Waals surface area (Å²) >= 11 is 0. The van der Waals surface area contributed by atoms with Crippen LogP contribution in [0.25, 0.3) is 0 Å². The fourth-order valence-electron chi connectivity index (χ4n) is 2.71. The molecule has 0 unspecified atom stereocenters. The lowest BCUT2D eigenvalue weighted by molar-refractivity contribution is -0.133. The van der Waals surface area contributed by atoms with E-state index in [4.69, 9.17) is 5.73 Å². The monoisotopic (exact) mass is 238 g/mol. The Morgan fingerprint density at radius 2 is 1.88 bits per heavy atom. The van der Waals surface area contributed by atoms with E-state index in [1.807, 2.05) is 0 Å². The zero-order chi connectivity index (χ0) is 12.5. The van der Waals surface area contributed by atoms with Crippen LogP contribution in [0.3, 0.4) is 0 Å². The predicted molar refractivity (Wildman–Crippen MR) is 69.5 cm³/mol. The second-order valence-corrected chi connectivity index (χ2v) is 6.66. The number of nitrogens with one attached hydrogen (secondary N) is 1. The average molecular weight is 238 g/mol. The highest BCUT2D eigenvalue weighted by Gasteiger charge is 2.42. The molecule has 0 saturated heterocycles. The van der Waals surface area contributed by atoms with Crippen LogP contribution in [0.4, 0.5) is 0 Å². The van der Waals surface area contributed by atoms with E-state index in [1.54, 1.807) is 0 Å². The van der Waals surface area contributed by atoms with Gasteiger partial charge >= 0.3 is 0 Å². The number of hydrogen-bond acceptors (Lipinski definition) is 2. The van der Waals surface area contributed by atoms with E-state index in [1.165, 1.54) is 12.8 Å². The highest BCUT2D eigenvalue weighted by Crippen LogP contribution is 2.44. The molecule has 3 nitrogen and oxygen atoms in total. The number of nitrogens with two attached hydrogens (primary N) is 1. The molecule has 1 amide bonds. The summed E-state index contributed by atoms with van der Waals surface area (Å²) in [6.07, 6.45) is 6.71. The molecule has 2 aliphatic rings. The Bertz CT molecular complexity index is 289. The molecule has 17 heavy (non-hydrogen) atoms. The Labute approximate surface area is 105 Å². The highest BCUT2D eigenvalue weighted by molar-refractivity contribution is 5.83. The van der Waals surface area contributed by atoms with Crippen LogP contribution in [0.1, 0.15) is 52.4 Å². The van der Waals surface area contributed by atoms with Crippen LogP contribution in [-0.2, 0) is 4.79 Å². The molecule has 0 atom stereocenters. The van der Waals surface area contributed by atoms with Gasteiger partial charge in [-0.2, -0.15) is 0 Å². The Morgan fingerprint density at radius 3 is 2.35 bits per heavy atom. The molecular formula is C14H26N2O. The molecule has 3 heteroatoms. The molecule has 0 heterocycles. The molecule has 2 rings (SSSR count). The second kappa shape index (κ2) is 4.60. The van der Waals surface area contributed by atoms with E-state index in [0.29, 0.717) is 12.0 Å². The first-order valence-corrected chi connectivity index (χ1v) is 6.98. The molecule has 3 N–H and O–H groups in total. The minimum atomic E-state index is -0.266. The second-order valence-electron chi connectivity index (χ2n) is 6.66. The molecule has 0 spiro atoms. The predicted octanol–water partition coefficient (Wildman–Crippen LogP) is 2.06. The summed E-state index contributed by atoms with van der Waals surface area (Å²) in [5.74, 6) is 0.962. The zero-order valence-electron chi connectivity index (χ0n) is 11.2. The van der Waals surface area contributed by atoms with Crippen LogP contribution in [0.5, 0.6) is 0 Å². The lowest BCUT2D eigenvalue weighted by Crippen LogP contribution is -2.49. The van der Waals surface area contributed by atoms with Crippen LogP contribution in [0.2, 0.25) is 0 Å². The Kier molecular flexibility index (Phi) is 3.48. The van der Waals surface area contributed by atoms with Crippen LogP contribution in [0.15, 0.2) is 0 Å². The smallest absolute Gasteiger partial charge is 0.227 e. The third-order valence-electron chi connectivity index (χ3n) is 4.88. The van der Waals surface area contributed by atoms with Crippen molar-refractivity contribution in [2.24, 2.45) is 22.5 Å². The quantitative estimate of drug-likeness (QED) is 0.787. The van der Waals surface area contributed by atoms with E-state index < -0.39 is 0 Å². The summed E-state index contributed by atoms with van der Waals surface area (Å²) < 4.78 is 0. The topological polar surface area (TPSA) is 55.1 Å². The molecule has 0 aromatic heterocycles. The van der Waals surface area contributed by atoms with Crippen molar-refractivity contribution in [3.8, 4) is 0 Å². The summed E-state index contributed by atoms with van der Waals surface area (Å²) in [5.41, 5.74) is 5.99. The zero-order valence-corrected chi connectivity index (χ0v) is 11.2. The number of hydrogen-bond donors (Lipinski definition) is 2. The van der Waals surface area contributed by atoms with Crippen molar-refractivity contribution in [2.75, 3.05) is 13.1 Å². The number of carbonyl (C=O) groups is 1. The van der Waals surface area contributed by atoms with Crippen LogP contribution in [-0.4, -0.2) is 19.0 Å². The summed E-state index contributed by atoms with van der Waals surface area (Å²) in [7, 11) is 0. The van der Waals surface area contributed by atoms with Crippen molar-refractivity contribution in [3.63, 3.8) is 0 Å². The van der Waals surface area contributed by atoms with Gasteiger partial charge in [0.1, 0.15) is 0 Å². The molecule has 2 saturated carbocycles. The van der Waals surface area contributed by atoms with Gasteiger partial charge in [-0.15, -0.1) is 0 Å². The SMILES string of the molecule is CC1CCC(CN)(C(=O)NCC2(C)CC2)CC1. The lowest BCUT2D eigenvalue weighted by atomic mass is 9.70. The van der Waals surface area contributed by atoms with Gasteiger partial charge in [0.15, 0.2) is 0 Å². The molecule has 2 fully saturated rings. The third kappa shape index (κ3) is 2.82. The maximum atomic E-state index is 12.3. The van der Waals surface area contributed by atoms with Gasteiger partial charge in [0.2, 0.25) is 5.91 Å². The standard InChI is InChI=1S/C14H26N2O/c1-11-3-5-14(9-15,6-4-11)12(17)16-10-13(2)7-8-13/h11H,3-10,15H2,1-2H3,(H,16,17). The fourth-order valence-corrected chi connectivity index (χ4v) is 2.71. The first-order chi connectivity index (χ1) is 8.00. The largest absolute Gasteiger partial charge is 0.355 e. The van der Waals surface area contributed by atoms with E-state index in [-0.39, 0.29) is 11.3 Å². The van der Waals surface area contributed by atoms with Gasteiger partial charge in [0.25, 0.3) is 0 Å². The molecule has 98 valence electrons. The van der Waals surface area contributed by atoms with Gasteiger partial charge in [-0.05, 0) is 49.9 Å². The molecule has 0 aliphatic heterocycles. The summed E-state index contributed by atoms with van der Waals surface area (Å²) in [5, 5.41) is 3.14. The summed E-state index contributed by atoms with van der Waals surface area (Å²) in [6, 6.07) is 0. The van der Waals surface area contributed by atoms with E-state index in [2.05, 4.69) is 19.2 Å². The highest BCUT2D eigenvalue weighted by atomic mass is 16.2. The van der Waals surface area contributed by atoms with Crippen LogP contribution in [0, 0.1) is 16.7 Å². The molecule has 0 aromatic carbocycles. The van der Waals surface area contributed by atoms with E-state index >= 15 is 0 Å². The number of amides is 1. The molecule has 0 aromatic rings. The van der Waals surface area contributed by atoms with Crippen molar-refractivity contribution in [3.05, 3.63) is 0 Å². The van der Waals surface area contributed by atoms with Gasteiger partial charge in [-0.25, -0.2) is 0 Å². The Balaban J connectivity index is 1.90. The minimum Gasteiger partial charge on any atom is -0.355 e. The number of carbonyl (C=O) groups excluding carboxylic acids is 1. The van der Waals surface area contributed by atoms with Crippen LogP contribution < -0.4 is 11.1 Å². The molecule has 0 bridgehead atoms. The van der Waals surface area contributed by atoms with Gasteiger partial charge in [0.05, 0.1) is 5.41 Å². The van der Waals surface area contributed by atoms with Gasteiger partial charge in [-0.3, -0.25) is 4.79 Å². The molecule has 0 radical (unpaired) electrons. The average Bonchev–Trinajstić information content (AvgIpc) is 3.06. The number of rotatable bonds is 4. The lowest BCUT2D eigenvalue weighted by Gasteiger charge is -2.37. The molecule has 2 aliphatic carbocycles. The van der Waals surface area contributed by atoms with Crippen molar-refractivity contribution in [1.82, 2.24) is 5.32 Å². The maximum Gasteiger partial charge on any atom is 0.227 e. The van der Waals surface area contributed by atoms with Crippen molar-refractivity contribution >= 4 is 5.91 Å². The first kappa shape index (κ1) is 12.9. The van der Waals surface area contributed by atoms with Gasteiger partial charge in [0, 0.05) is 13.1 Å². The van der Waals surface area contributed by atoms with E-state index in [9.17, 15) is 4.79 Å². The normalized spacial score (nSPS) is 35.4. The van der Waals surface area contributed by atoms with Crippen molar-refractivity contribution < 1.29 is 4.79 Å². The Hall–Kier alpha value is -0.570. The third-order valence-corrected chi connectivity index (χ3v) is 4.88. The fraction of sp³-hybridized carbons (Fsp3) is 0.929. The summed E-state index contributed by atoms with van der Waals surface area (Å²) in [6.45, 7) is 5.85. The molecular weight excluding hydrogens is 212 g/mol. The van der Waals surface area contributed by atoms with Crippen LogP contribution >= 0.6 is 0 Å². The first-order valence-electron chi connectivity index (χ1n) is 6.98. The van der Waals surface area contributed by atoms with Crippen molar-refractivity contribution in [2.45, 2.75) is 52.4 Å². The van der Waals surface area contributed by atoms with Crippen molar-refractivity contribution in [1.29, 1.82) is 0 Å². The summed E-state index contributed by atoms with van der Waals surface area (Å²) in [4.78, 5) is 12.3.